The molecule has 1 atom stereocenters. The van der Waals surface area contributed by atoms with Gasteiger partial charge in [-0.3, -0.25) is 9.58 Å². The molecule has 0 bridgehead atoms. The van der Waals surface area contributed by atoms with E-state index in [0.29, 0.717) is 24.2 Å². The van der Waals surface area contributed by atoms with Gasteiger partial charge in [-0.15, -0.1) is 0 Å². The van der Waals surface area contributed by atoms with Crippen LogP contribution in [0.4, 0.5) is 10.5 Å². The summed E-state index contributed by atoms with van der Waals surface area (Å²) in [5.41, 5.74) is 0.715. The molecule has 2 N–H and O–H groups in total. The van der Waals surface area contributed by atoms with Crippen LogP contribution in [0.3, 0.4) is 0 Å². The molecule has 0 aromatic carbocycles. The third-order valence-electron chi connectivity index (χ3n) is 3.97. The Bertz CT molecular complexity index is 468. The molecule has 22 heavy (non-hydrogen) atoms. The van der Waals surface area contributed by atoms with Crippen molar-refractivity contribution in [3.8, 4) is 0 Å². The summed E-state index contributed by atoms with van der Waals surface area (Å²) in [6.45, 7) is 11.2. The Balaban J connectivity index is 1.81. The number of morpholine rings is 1. The van der Waals surface area contributed by atoms with Crippen molar-refractivity contribution in [3.05, 3.63) is 12.4 Å². The average Bonchev–Trinajstić information content (AvgIpc) is 2.95. The Kier molecular flexibility index (Phi) is 6.21. The van der Waals surface area contributed by atoms with Gasteiger partial charge in [0.05, 0.1) is 25.1 Å². The first-order chi connectivity index (χ1) is 10.6. The SMILES string of the molecule is CCn1cc(NC(=O)NC[C@@H](C(C)C)N2CCOCC2)cn1. The maximum Gasteiger partial charge on any atom is 0.319 e. The van der Waals surface area contributed by atoms with Gasteiger partial charge in [-0.2, -0.15) is 5.10 Å². The van der Waals surface area contributed by atoms with E-state index in [9.17, 15) is 4.79 Å². The normalized spacial score (nSPS) is 17.5. The van der Waals surface area contributed by atoms with E-state index in [1.165, 1.54) is 0 Å². The first-order valence-corrected chi connectivity index (χ1v) is 7.99. The lowest BCUT2D eigenvalue weighted by Crippen LogP contribution is -2.51. The molecule has 1 aliphatic rings. The summed E-state index contributed by atoms with van der Waals surface area (Å²) in [5.74, 6) is 0.473. The number of nitrogens with one attached hydrogen (secondary N) is 2. The van der Waals surface area contributed by atoms with E-state index < -0.39 is 0 Å². The summed E-state index contributed by atoms with van der Waals surface area (Å²) in [7, 11) is 0. The van der Waals surface area contributed by atoms with Crippen molar-refractivity contribution in [2.24, 2.45) is 5.92 Å². The van der Waals surface area contributed by atoms with Crippen molar-refractivity contribution in [1.82, 2.24) is 20.0 Å². The number of aromatic nitrogens is 2. The summed E-state index contributed by atoms with van der Waals surface area (Å²) < 4.78 is 7.17. The summed E-state index contributed by atoms with van der Waals surface area (Å²) >= 11 is 0. The lowest BCUT2D eigenvalue weighted by Gasteiger charge is -2.36. The van der Waals surface area contributed by atoms with E-state index in [1.54, 1.807) is 10.9 Å². The molecule has 2 rings (SSSR count). The predicted octanol–water partition coefficient (Wildman–Crippen LogP) is 1.38. The minimum Gasteiger partial charge on any atom is -0.379 e. The Morgan fingerprint density at radius 1 is 1.41 bits per heavy atom. The second-order valence-corrected chi connectivity index (χ2v) is 5.88. The lowest BCUT2D eigenvalue weighted by molar-refractivity contribution is 0.00728. The van der Waals surface area contributed by atoms with E-state index in [-0.39, 0.29) is 6.03 Å². The Hall–Kier alpha value is -1.60. The van der Waals surface area contributed by atoms with Gasteiger partial charge in [0.25, 0.3) is 0 Å². The number of aryl methyl sites for hydroxylation is 1. The zero-order chi connectivity index (χ0) is 15.9. The fourth-order valence-corrected chi connectivity index (χ4v) is 2.67. The average molecular weight is 309 g/mol. The van der Waals surface area contributed by atoms with Crippen molar-refractivity contribution < 1.29 is 9.53 Å². The fourth-order valence-electron chi connectivity index (χ4n) is 2.67. The largest absolute Gasteiger partial charge is 0.379 e. The van der Waals surface area contributed by atoms with Crippen LogP contribution in [0.2, 0.25) is 0 Å². The molecule has 0 radical (unpaired) electrons. The topological polar surface area (TPSA) is 71.4 Å². The van der Waals surface area contributed by atoms with E-state index in [1.807, 2.05) is 13.1 Å². The molecular weight excluding hydrogens is 282 g/mol. The molecule has 0 aliphatic carbocycles. The van der Waals surface area contributed by atoms with Gasteiger partial charge in [0.1, 0.15) is 0 Å². The molecule has 124 valence electrons. The highest BCUT2D eigenvalue weighted by Gasteiger charge is 2.24. The van der Waals surface area contributed by atoms with E-state index in [2.05, 4.69) is 34.5 Å². The van der Waals surface area contributed by atoms with Crippen molar-refractivity contribution in [2.75, 3.05) is 38.2 Å². The molecule has 0 unspecified atom stereocenters. The third-order valence-corrected chi connectivity index (χ3v) is 3.97. The van der Waals surface area contributed by atoms with Gasteiger partial charge in [0.2, 0.25) is 0 Å². The summed E-state index contributed by atoms with van der Waals surface area (Å²) in [6.07, 6.45) is 3.48. The van der Waals surface area contributed by atoms with Crippen LogP contribution in [0, 0.1) is 5.92 Å². The van der Waals surface area contributed by atoms with Gasteiger partial charge in [-0.25, -0.2) is 4.79 Å². The molecule has 1 aliphatic heterocycles. The number of hydrogen-bond donors (Lipinski definition) is 2. The van der Waals surface area contributed by atoms with Gasteiger partial charge in [-0.1, -0.05) is 13.8 Å². The first kappa shape index (κ1) is 16.8. The molecule has 1 fully saturated rings. The van der Waals surface area contributed by atoms with Crippen molar-refractivity contribution in [1.29, 1.82) is 0 Å². The van der Waals surface area contributed by atoms with Crippen molar-refractivity contribution in [2.45, 2.75) is 33.4 Å². The molecule has 7 nitrogen and oxygen atoms in total. The molecule has 7 heteroatoms. The molecule has 2 amide bonds. The van der Waals surface area contributed by atoms with Crippen LogP contribution in [0.25, 0.3) is 0 Å². The standard InChI is InChI=1S/C15H27N5O2/c1-4-20-11-13(9-17-20)18-15(21)16-10-14(12(2)3)19-5-7-22-8-6-19/h9,11-12,14H,4-8,10H2,1-3H3,(H2,16,18,21)/t14-/m0/s1. The minimum atomic E-state index is -0.186. The number of hydrogen-bond acceptors (Lipinski definition) is 4. The zero-order valence-corrected chi connectivity index (χ0v) is 13.7. The zero-order valence-electron chi connectivity index (χ0n) is 13.7. The van der Waals surface area contributed by atoms with Crippen LogP contribution in [-0.2, 0) is 11.3 Å². The molecule has 2 heterocycles. The summed E-state index contributed by atoms with van der Waals surface area (Å²) in [5, 5.41) is 9.92. The van der Waals surface area contributed by atoms with Gasteiger partial charge in [0, 0.05) is 38.4 Å². The van der Waals surface area contributed by atoms with Crippen molar-refractivity contribution >= 4 is 11.7 Å². The van der Waals surface area contributed by atoms with Crippen molar-refractivity contribution in [3.63, 3.8) is 0 Å². The first-order valence-electron chi connectivity index (χ1n) is 7.99. The number of carbonyl (C=O) groups excluding carboxylic acids is 1. The van der Waals surface area contributed by atoms with Crippen LogP contribution in [0.5, 0.6) is 0 Å². The maximum absolute atomic E-state index is 12.0. The van der Waals surface area contributed by atoms with E-state index in [0.717, 1.165) is 32.8 Å². The monoisotopic (exact) mass is 309 g/mol. The number of amides is 2. The number of ether oxygens (including phenoxy) is 1. The highest BCUT2D eigenvalue weighted by molar-refractivity contribution is 5.88. The van der Waals surface area contributed by atoms with Gasteiger partial charge < -0.3 is 15.4 Å². The molecule has 0 spiro atoms. The van der Waals surface area contributed by atoms with E-state index in [4.69, 9.17) is 4.74 Å². The van der Waals surface area contributed by atoms with Crippen LogP contribution in [-0.4, -0.2) is 59.6 Å². The molecule has 1 aromatic heterocycles. The number of urea groups is 1. The second kappa shape index (κ2) is 8.14. The van der Waals surface area contributed by atoms with Crippen LogP contribution in [0.15, 0.2) is 12.4 Å². The lowest BCUT2D eigenvalue weighted by atomic mass is 10.0. The number of rotatable bonds is 6. The molecule has 1 aromatic rings. The number of anilines is 1. The molecule has 0 saturated carbocycles. The maximum atomic E-state index is 12.0. The fraction of sp³-hybridized carbons (Fsp3) is 0.733. The van der Waals surface area contributed by atoms with Crippen LogP contribution >= 0.6 is 0 Å². The quantitative estimate of drug-likeness (QED) is 0.833. The Labute approximate surface area is 132 Å². The number of carbonyl (C=O) groups is 1. The third kappa shape index (κ3) is 4.71. The smallest absolute Gasteiger partial charge is 0.319 e. The van der Waals surface area contributed by atoms with Gasteiger partial charge in [-0.05, 0) is 12.8 Å². The molecular formula is C15H27N5O2. The highest BCUT2D eigenvalue weighted by Crippen LogP contribution is 2.12. The molecule has 1 saturated heterocycles. The Morgan fingerprint density at radius 2 is 2.14 bits per heavy atom. The summed E-state index contributed by atoms with van der Waals surface area (Å²) in [6, 6.07) is 0.141. The Morgan fingerprint density at radius 3 is 2.73 bits per heavy atom. The predicted molar refractivity (Wildman–Crippen MR) is 85.9 cm³/mol. The minimum absolute atomic E-state index is 0.186. The van der Waals surface area contributed by atoms with E-state index >= 15 is 0 Å². The van der Waals surface area contributed by atoms with Gasteiger partial charge >= 0.3 is 6.03 Å². The summed E-state index contributed by atoms with van der Waals surface area (Å²) in [4.78, 5) is 14.4. The number of nitrogens with zero attached hydrogens (tertiary/aromatic N) is 3. The van der Waals surface area contributed by atoms with Gasteiger partial charge in [0.15, 0.2) is 0 Å². The van der Waals surface area contributed by atoms with Crippen LogP contribution in [0.1, 0.15) is 20.8 Å². The van der Waals surface area contributed by atoms with Crippen LogP contribution < -0.4 is 10.6 Å². The second-order valence-electron chi connectivity index (χ2n) is 5.88. The highest BCUT2D eigenvalue weighted by atomic mass is 16.5.